The zero-order chi connectivity index (χ0) is 21.7. The Kier molecular flexibility index (Phi) is 6.40. The van der Waals surface area contributed by atoms with Crippen LogP contribution in [0.2, 0.25) is 0 Å². The number of hydrogen-bond donors (Lipinski definition) is 3. The predicted molar refractivity (Wildman–Crippen MR) is 109 cm³/mol. The van der Waals surface area contributed by atoms with Crippen molar-refractivity contribution in [2.75, 3.05) is 17.7 Å². The molecule has 0 radical (unpaired) electrons. The highest BCUT2D eigenvalue weighted by molar-refractivity contribution is 9.10. The van der Waals surface area contributed by atoms with E-state index in [9.17, 15) is 18.0 Å². The zero-order valence-corrected chi connectivity index (χ0v) is 17.0. The molecular formula is C19H15BrF3N5O2. The zero-order valence-electron chi connectivity index (χ0n) is 15.4. The van der Waals surface area contributed by atoms with Crippen LogP contribution >= 0.6 is 15.9 Å². The minimum Gasteiger partial charge on any atom is -0.406 e. The number of anilines is 4. The van der Waals surface area contributed by atoms with Gasteiger partial charge in [0.15, 0.2) is 0 Å². The molecule has 0 unspecified atom stereocenters. The standard InChI is InChI=1S/C19H15BrF3N5O2/c1-24-17(29)13-4-2-3-5-15(13)27-16-14(20)10-25-18(28-16)26-11-6-8-12(9-7-11)30-19(21,22)23/h2-10H,1H3,(H,24,29)(H2,25,26,27,28). The number of benzene rings is 2. The first-order chi connectivity index (χ1) is 14.2. The molecule has 0 aliphatic rings. The lowest BCUT2D eigenvalue weighted by Crippen LogP contribution is -2.19. The lowest BCUT2D eigenvalue weighted by molar-refractivity contribution is -0.274. The molecule has 156 valence electrons. The summed E-state index contributed by atoms with van der Waals surface area (Å²) in [4.78, 5) is 20.5. The number of rotatable bonds is 6. The SMILES string of the molecule is CNC(=O)c1ccccc1Nc1nc(Nc2ccc(OC(F)(F)F)cc2)ncc1Br. The molecule has 11 heteroatoms. The van der Waals surface area contributed by atoms with Gasteiger partial charge in [-0.05, 0) is 52.3 Å². The second kappa shape index (κ2) is 8.99. The van der Waals surface area contributed by atoms with Gasteiger partial charge in [0.05, 0.1) is 15.7 Å². The summed E-state index contributed by atoms with van der Waals surface area (Å²) in [6, 6.07) is 12.1. The van der Waals surface area contributed by atoms with Crippen molar-refractivity contribution >= 4 is 45.0 Å². The summed E-state index contributed by atoms with van der Waals surface area (Å²) in [5.41, 5.74) is 1.43. The minimum atomic E-state index is -4.75. The Balaban J connectivity index is 1.79. The van der Waals surface area contributed by atoms with Gasteiger partial charge in [0.25, 0.3) is 5.91 Å². The molecule has 3 rings (SSSR count). The van der Waals surface area contributed by atoms with E-state index >= 15 is 0 Å². The Hall–Kier alpha value is -3.34. The highest BCUT2D eigenvalue weighted by atomic mass is 79.9. The van der Waals surface area contributed by atoms with Crippen LogP contribution in [0.15, 0.2) is 59.2 Å². The lowest BCUT2D eigenvalue weighted by Gasteiger charge is -2.13. The topological polar surface area (TPSA) is 88.2 Å². The van der Waals surface area contributed by atoms with Crippen LogP contribution in [0.3, 0.4) is 0 Å². The molecular weight excluding hydrogens is 467 g/mol. The molecule has 0 atom stereocenters. The molecule has 3 N–H and O–H groups in total. The maximum atomic E-state index is 12.3. The molecule has 1 heterocycles. The van der Waals surface area contributed by atoms with Gasteiger partial charge in [0.2, 0.25) is 5.95 Å². The van der Waals surface area contributed by atoms with E-state index in [1.807, 2.05) is 0 Å². The Morgan fingerprint density at radius 2 is 1.77 bits per heavy atom. The van der Waals surface area contributed by atoms with Crippen molar-refractivity contribution in [3.63, 3.8) is 0 Å². The van der Waals surface area contributed by atoms with Gasteiger partial charge in [0.1, 0.15) is 11.6 Å². The van der Waals surface area contributed by atoms with E-state index in [0.717, 1.165) is 0 Å². The number of hydrogen-bond acceptors (Lipinski definition) is 6. The summed E-state index contributed by atoms with van der Waals surface area (Å²) in [5, 5.41) is 8.54. The van der Waals surface area contributed by atoms with Gasteiger partial charge in [0, 0.05) is 18.9 Å². The molecule has 0 aliphatic carbocycles. The van der Waals surface area contributed by atoms with E-state index in [0.29, 0.717) is 27.2 Å². The van der Waals surface area contributed by atoms with E-state index < -0.39 is 6.36 Å². The predicted octanol–water partition coefficient (Wildman–Crippen LogP) is 4.98. The number of nitrogens with one attached hydrogen (secondary N) is 3. The fourth-order valence-corrected chi connectivity index (χ4v) is 2.73. The average molecular weight is 482 g/mol. The maximum absolute atomic E-state index is 12.3. The summed E-state index contributed by atoms with van der Waals surface area (Å²) in [6.07, 6.45) is -3.25. The van der Waals surface area contributed by atoms with Gasteiger partial charge in [-0.3, -0.25) is 4.79 Å². The molecule has 0 fully saturated rings. The number of aromatic nitrogens is 2. The van der Waals surface area contributed by atoms with Crippen LogP contribution in [0.1, 0.15) is 10.4 Å². The van der Waals surface area contributed by atoms with Crippen LogP contribution in [0.4, 0.5) is 36.3 Å². The molecule has 0 bridgehead atoms. The first-order valence-corrected chi connectivity index (χ1v) is 9.28. The average Bonchev–Trinajstić information content (AvgIpc) is 2.71. The van der Waals surface area contributed by atoms with Crippen molar-refractivity contribution in [1.29, 1.82) is 0 Å². The highest BCUT2D eigenvalue weighted by Crippen LogP contribution is 2.28. The molecule has 3 aromatic rings. The third-order valence-electron chi connectivity index (χ3n) is 3.74. The van der Waals surface area contributed by atoms with E-state index in [-0.39, 0.29) is 17.6 Å². The van der Waals surface area contributed by atoms with E-state index in [1.54, 1.807) is 24.3 Å². The normalized spacial score (nSPS) is 11.0. The van der Waals surface area contributed by atoms with E-state index in [1.165, 1.54) is 37.5 Å². The Bertz CT molecular complexity index is 1050. The largest absolute Gasteiger partial charge is 0.573 e. The molecule has 0 aliphatic heterocycles. The molecule has 0 saturated carbocycles. The quantitative estimate of drug-likeness (QED) is 0.459. The molecule has 1 aromatic heterocycles. The van der Waals surface area contributed by atoms with Crippen LogP contribution in [0.25, 0.3) is 0 Å². The minimum absolute atomic E-state index is 0.197. The second-order valence-electron chi connectivity index (χ2n) is 5.84. The summed E-state index contributed by atoms with van der Waals surface area (Å²) in [5.74, 6) is -0.00998. The number of para-hydroxylation sites is 1. The van der Waals surface area contributed by atoms with Gasteiger partial charge in [-0.2, -0.15) is 4.98 Å². The van der Waals surface area contributed by atoms with Gasteiger partial charge in [-0.15, -0.1) is 13.2 Å². The number of carbonyl (C=O) groups excluding carboxylic acids is 1. The molecule has 0 spiro atoms. The molecule has 30 heavy (non-hydrogen) atoms. The van der Waals surface area contributed by atoms with Gasteiger partial charge in [-0.25, -0.2) is 4.98 Å². The summed E-state index contributed by atoms with van der Waals surface area (Å²) >= 11 is 3.35. The third kappa shape index (κ3) is 5.60. The Labute approximate surface area is 177 Å². The van der Waals surface area contributed by atoms with Crippen molar-refractivity contribution in [2.45, 2.75) is 6.36 Å². The number of ether oxygens (including phenoxy) is 1. The van der Waals surface area contributed by atoms with Crippen molar-refractivity contribution in [1.82, 2.24) is 15.3 Å². The van der Waals surface area contributed by atoms with Gasteiger partial charge >= 0.3 is 6.36 Å². The Morgan fingerprint density at radius 1 is 1.07 bits per heavy atom. The number of nitrogens with zero attached hydrogens (tertiary/aromatic N) is 2. The first-order valence-electron chi connectivity index (χ1n) is 8.48. The number of carbonyl (C=O) groups is 1. The van der Waals surface area contributed by atoms with Crippen molar-refractivity contribution in [2.24, 2.45) is 0 Å². The number of halogens is 4. The fourth-order valence-electron chi connectivity index (χ4n) is 2.44. The second-order valence-corrected chi connectivity index (χ2v) is 6.69. The van der Waals surface area contributed by atoms with Crippen molar-refractivity contribution < 1.29 is 22.7 Å². The first kappa shape index (κ1) is 21.4. The van der Waals surface area contributed by atoms with Crippen molar-refractivity contribution in [3.05, 3.63) is 64.8 Å². The van der Waals surface area contributed by atoms with E-state index in [4.69, 9.17) is 0 Å². The van der Waals surface area contributed by atoms with Gasteiger partial charge in [-0.1, -0.05) is 12.1 Å². The smallest absolute Gasteiger partial charge is 0.406 e. The summed E-state index contributed by atoms with van der Waals surface area (Å²) in [7, 11) is 1.53. The van der Waals surface area contributed by atoms with Gasteiger partial charge < -0.3 is 20.7 Å². The summed E-state index contributed by atoms with van der Waals surface area (Å²) < 4.78 is 41.2. The third-order valence-corrected chi connectivity index (χ3v) is 4.32. The van der Waals surface area contributed by atoms with Crippen LogP contribution in [-0.2, 0) is 0 Å². The van der Waals surface area contributed by atoms with Crippen molar-refractivity contribution in [3.8, 4) is 5.75 Å². The van der Waals surface area contributed by atoms with Crippen LogP contribution < -0.4 is 20.7 Å². The highest BCUT2D eigenvalue weighted by Gasteiger charge is 2.30. The van der Waals surface area contributed by atoms with E-state index in [2.05, 4.69) is 46.6 Å². The van der Waals surface area contributed by atoms with Crippen LogP contribution in [0, 0.1) is 0 Å². The lowest BCUT2D eigenvalue weighted by atomic mass is 10.1. The molecule has 1 amide bonds. The summed E-state index contributed by atoms with van der Waals surface area (Å²) in [6.45, 7) is 0. The number of amides is 1. The maximum Gasteiger partial charge on any atom is 0.573 e. The molecule has 2 aromatic carbocycles. The monoisotopic (exact) mass is 481 g/mol. The molecule has 0 saturated heterocycles. The molecule has 7 nitrogen and oxygen atoms in total. The van der Waals surface area contributed by atoms with Crippen LogP contribution in [-0.4, -0.2) is 29.3 Å². The fraction of sp³-hybridized carbons (Fsp3) is 0.105. The number of alkyl halides is 3. The Morgan fingerprint density at radius 3 is 2.43 bits per heavy atom. The van der Waals surface area contributed by atoms with Crippen LogP contribution in [0.5, 0.6) is 5.75 Å².